The van der Waals surface area contributed by atoms with Crippen molar-refractivity contribution in [2.24, 2.45) is 0 Å². The fourth-order valence-electron chi connectivity index (χ4n) is 4.75. The molecule has 5 nitrogen and oxygen atoms in total. The molecule has 1 aromatic carbocycles. The molecule has 2 aliphatic rings. The molecule has 30 heavy (non-hydrogen) atoms. The maximum absolute atomic E-state index is 12.9. The molecule has 2 N–H and O–H groups in total. The molecular weight excluding hydrogens is 393 g/mol. The van der Waals surface area contributed by atoms with Crippen molar-refractivity contribution in [2.75, 3.05) is 33.2 Å². The van der Waals surface area contributed by atoms with E-state index >= 15 is 0 Å². The third-order valence-electron chi connectivity index (χ3n) is 6.30. The van der Waals surface area contributed by atoms with Crippen molar-refractivity contribution >= 4 is 5.91 Å². The highest BCUT2D eigenvalue weighted by Gasteiger charge is 2.40. The van der Waals surface area contributed by atoms with E-state index in [1.807, 2.05) is 0 Å². The van der Waals surface area contributed by atoms with Gasteiger partial charge in [-0.15, -0.1) is 0 Å². The van der Waals surface area contributed by atoms with E-state index in [1.54, 1.807) is 13.1 Å². The summed E-state index contributed by atoms with van der Waals surface area (Å²) in [5, 5.41) is 6.16. The van der Waals surface area contributed by atoms with Crippen LogP contribution in [0.4, 0.5) is 13.2 Å². The smallest absolute Gasteiger partial charge is 0.358 e. The van der Waals surface area contributed by atoms with E-state index in [4.69, 9.17) is 0 Å². The van der Waals surface area contributed by atoms with E-state index in [2.05, 4.69) is 27.4 Å². The van der Waals surface area contributed by atoms with Crippen molar-refractivity contribution in [3.63, 3.8) is 0 Å². The molecule has 2 atom stereocenters. The van der Waals surface area contributed by atoms with Crippen molar-refractivity contribution in [1.82, 2.24) is 20.4 Å². The maximum Gasteiger partial charge on any atom is 0.416 e. The molecule has 1 amide bonds. The summed E-state index contributed by atoms with van der Waals surface area (Å²) in [7, 11) is 1.66. The number of alkyl halides is 3. The summed E-state index contributed by atoms with van der Waals surface area (Å²) in [5.74, 6) is 0.0226. The summed E-state index contributed by atoms with van der Waals surface area (Å²) < 4.78 is 38.8. The minimum absolute atomic E-state index is 0.0226. The van der Waals surface area contributed by atoms with E-state index in [-0.39, 0.29) is 18.0 Å². The van der Waals surface area contributed by atoms with Gasteiger partial charge >= 0.3 is 6.18 Å². The van der Waals surface area contributed by atoms with Gasteiger partial charge in [-0.2, -0.15) is 13.2 Å². The average Bonchev–Trinajstić information content (AvgIpc) is 3.16. The summed E-state index contributed by atoms with van der Waals surface area (Å²) in [4.78, 5) is 17.3. The molecule has 2 heterocycles. The Bertz CT molecular complexity index is 704. The minimum atomic E-state index is -4.34. The molecule has 168 valence electrons. The second-order valence-electron chi connectivity index (χ2n) is 8.41. The van der Waals surface area contributed by atoms with Crippen LogP contribution in [0.1, 0.15) is 43.7 Å². The SMILES string of the molecule is CCCN1CCC(N2C[C@@H](NCc3cccc(C(F)(F)F)c3)C[C@H]2C(=O)NC)CC1. The second-order valence-corrected chi connectivity index (χ2v) is 8.41. The Kier molecular flexibility index (Phi) is 7.76. The van der Waals surface area contributed by atoms with E-state index in [0.29, 0.717) is 24.6 Å². The first-order valence-electron chi connectivity index (χ1n) is 10.9. The Morgan fingerprint density at radius 3 is 2.60 bits per heavy atom. The molecule has 0 saturated carbocycles. The first-order valence-corrected chi connectivity index (χ1v) is 10.9. The van der Waals surface area contributed by atoms with Gasteiger partial charge in [0.2, 0.25) is 5.91 Å². The predicted octanol–water partition coefficient (Wildman–Crippen LogP) is 2.86. The third-order valence-corrected chi connectivity index (χ3v) is 6.30. The summed E-state index contributed by atoms with van der Waals surface area (Å²) in [6.07, 6.45) is -0.413. The molecule has 0 aliphatic carbocycles. The zero-order valence-corrected chi connectivity index (χ0v) is 17.8. The quantitative estimate of drug-likeness (QED) is 0.704. The number of carbonyl (C=O) groups excluding carboxylic acids is 1. The minimum Gasteiger partial charge on any atom is -0.358 e. The molecule has 0 aromatic heterocycles. The van der Waals surface area contributed by atoms with Crippen LogP contribution in [-0.2, 0) is 17.5 Å². The van der Waals surface area contributed by atoms with Crippen molar-refractivity contribution in [3.8, 4) is 0 Å². The van der Waals surface area contributed by atoms with Crippen molar-refractivity contribution < 1.29 is 18.0 Å². The first-order chi connectivity index (χ1) is 14.3. The van der Waals surface area contributed by atoms with Gasteiger partial charge in [0.25, 0.3) is 0 Å². The molecule has 0 bridgehead atoms. The lowest BCUT2D eigenvalue weighted by atomic mass is 10.0. The molecule has 0 radical (unpaired) electrons. The van der Waals surface area contributed by atoms with Crippen LogP contribution in [-0.4, -0.2) is 67.1 Å². The van der Waals surface area contributed by atoms with E-state index < -0.39 is 11.7 Å². The fraction of sp³-hybridized carbons (Fsp3) is 0.682. The van der Waals surface area contributed by atoms with Gasteiger partial charge in [0, 0.05) is 32.2 Å². The number of carbonyl (C=O) groups is 1. The van der Waals surface area contributed by atoms with E-state index in [0.717, 1.165) is 51.5 Å². The number of benzene rings is 1. The van der Waals surface area contributed by atoms with Gasteiger partial charge in [-0.3, -0.25) is 9.69 Å². The van der Waals surface area contributed by atoms with Crippen molar-refractivity contribution in [1.29, 1.82) is 0 Å². The summed E-state index contributed by atoms with van der Waals surface area (Å²) in [5.41, 5.74) is -0.0235. The number of piperidine rings is 1. The van der Waals surface area contributed by atoms with Crippen LogP contribution in [0.3, 0.4) is 0 Å². The third kappa shape index (κ3) is 5.74. The van der Waals surface area contributed by atoms with Crippen molar-refractivity contribution in [2.45, 2.75) is 63.5 Å². The highest BCUT2D eigenvalue weighted by Crippen LogP contribution is 2.30. The van der Waals surface area contributed by atoms with Crippen LogP contribution in [0.25, 0.3) is 0 Å². The fourth-order valence-corrected chi connectivity index (χ4v) is 4.75. The average molecular weight is 427 g/mol. The lowest BCUT2D eigenvalue weighted by Crippen LogP contribution is -2.51. The van der Waals surface area contributed by atoms with E-state index in [1.165, 1.54) is 12.1 Å². The number of nitrogens with zero attached hydrogens (tertiary/aromatic N) is 2. The van der Waals surface area contributed by atoms with Gasteiger partial charge in [-0.25, -0.2) is 0 Å². The van der Waals surface area contributed by atoms with Crippen LogP contribution in [0, 0.1) is 0 Å². The number of amides is 1. The topological polar surface area (TPSA) is 47.6 Å². The van der Waals surface area contributed by atoms with Crippen LogP contribution in [0.5, 0.6) is 0 Å². The van der Waals surface area contributed by atoms with E-state index in [9.17, 15) is 18.0 Å². The number of nitrogens with one attached hydrogen (secondary N) is 2. The molecule has 2 fully saturated rings. The van der Waals surface area contributed by atoms with Gasteiger partial charge in [-0.05, 0) is 56.9 Å². The molecule has 0 unspecified atom stereocenters. The summed E-state index contributed by atoms with van der Waals surface area (Å²) >= 11 is 0. The number of likely N-dealkylation sites (tertiary alicyclic amines) is 2. The largest absolute Gasteiger partial charge is 0.416 e. The molecule has 8 heteroatoms. The Hall–Kier alpha value is -1.64. The van der Waals surface area contributed by atoms with Crippen LogP contribution in [0.2, 0.25) is 0 Å². The predicted molar refractivity (Wildman–Crippen MR) is 111 cm³/mol. The Morgan fingerprint density at radius 1 is 1.23 bits per heavy atom. The number of hydrogen-bond acceptors (Lipinski definition) is 4. The molecular formula is C22H33F3N4O. The standard InChI is InChI=1S/C22H33F3N4O/c1-3-9-28-10-7-19(8-11-28)29-15-18(13-20(29)21(30)26-2)27-14-16-5-4-6-17(12-16)22(23,24)25/h4-6,12,18-20,27H,3,7-11,13-15H2,1-2H3,(H,26,30)/t18-,20-/m0/s1. The summed E-state index contributed by atoms with van der Waals surface area (Å²) in [6, 6.07) is 5.70. The number of hydrogen-bond donors (Lipinski definition) is 2. The highest BCUT2D eigenvalue weighted by molar-refractivity contribution is 5.82. The highest BCUT2D eigenvalue weighted by atomic mass is 19.4. The normalized spacial score (nSPS) is 24.3. The zero-order valence-electron chi connectivity index (χ0n) is 17.8. The molecule has 2 aliphatic heterocycles. The molecule has 1 aromatic rings. The Labute approximate surface area is 177 Å². The van der Waals surface area contributed by atoms with Gasteiger partial charge in [0.05, 0.1) is 11.6 Å². The van der Waals surface area contributed by atoms with Gasteiger partial charge in [-0.1, -0.05) is 25.1 Å². The second kappa shape index (κ2) is 10.1. The monoisotopic (exact) mass is 426 g/mol. The van der Waals surface area contributed by atoms with Gasteiger partial charge in [0.1, 0.15) is 0 Å². The van der Waals surface area contributed by atoms with Crippen LogP contribution in [0.15, 0.2) is 24.3 Å². The molecule has 3 rings (SSSR count). The molecule has 0 spiro atoms. The van der Waals surface area contributed by atoms with Crippen LogP contribution < -0.4 is 10.6 Å². The Morgan fingerprint density at radius 2 is 1.97 bits per heavy atom. The molecule has 2 saturated heterocycles. The van der Waals surface area contributed by atoms with Gasteiger partial charge < -0.3 is 15.5 Å². The van der Waals surface area contributed by atoms with Crippen molar-refractivity contribution in [3.05, 3.63) is 35.4 Å². The lowest BCUT2D eigenvalue weighted by Gasteiger charge is -2.38. The Balaban J connectivity index is 1.60. The number of rotatable bonds is 7. The number of halogens is 3. The summed E-state index contributed by atoms with van der Waals surface area (Å²) in [6.45, 7) is 6.52. The number of likely N-dealkylation sites (N-methyl/N-ethyl adjacent to an activating group) is 1. The maximum atomic E-state index is 12.9. The van der Waals surface area contributed by atoms with Crippen LogP contribution >= 0.6 is 0 Å². The first kappa shape index (κ1) is 23.0. The lowest BCUT2D eigenvalue weighted by molar-refractivity contribution is -0.137. The zero-order chi connectivity index (χ0) is 21.7. The van der Waals surface area contributed by atoms with Gasteiger partial charge in [0.15, 0.2) is 0 Å².